The summed E-state index contributed by atoms with van der Waals surface area (Å²) in [7, 11) is 1.61. The number of halogens is 3. The molecule has 0 radical (unpaired) electrons. The van der Waals surface area contributed by atoms with Crippen molar-refractivity contribution in [2.45, 2.75) is 6.18 Å². The Hall–Kier alpha value is -1.45. The van der Waals surface area contributed by atoms with Gasteiger partial charge in [-0.2, -0.15) is 13.2 Å². The smallest absolute Gasteiger partial charge is 0.350 e. The Morgan fingerprint density at radius 3 is 2.43 bits per heavy atom. The second-order valence-corrected chi connectivity index (χ2v) is 3.17. The Kier molecular flexibility index (Phi) is 1.80. The molecule has 2 aromatic rings. The third kappa shape index (κ3) is 1.27. The zero-order chi connectivity index (χ0) is 10.3. The predicted octanol–water partition coefficient (Wildman–Crippen LogP) is 3.20. The average Bonchev–Trinajstić information content (AvgIpc) is 2.44. The molecule has 1 aromatic carbocycles. The van der Waals surface area contributed by atoms with Gasteiger partial charge in [0.05, 0.1) is 5.56 Å². The second-order valence-electron chi connectivity index (χ2n) is 3.17. The van der Waals surface area contributed by atoms with Crippen molar-refractivity contribution in [3.05, 3.63) is 36.0 Å². The van der Waals surface area contributed by atoms with Crippen LogP contribution in [0, 0.1) is 0 Å². The van der Waals surface area contributed by atoms with Crippen molar-refractivity contribution >= 4 is 10.9 Å². The number of fused-ring (bicyclic) bond motifs is 1. The number of hydrogen-bond donors (Lipinski definition) is 0. The van der Waals surface area contributed by atoms with Gasteiger partial charge in [0.1, 0.15) is 0 Å². The van der Waals surface area contributed by atoms with Crippen LogP contribution in [0.2, 0.25) is 0 Å². The molecule has 1 nitrogen and oxygen atoms in total. The lowest BCUT2D eigenvalue weighted by molar-refractivity contribution is -0.136. The van der Waals surface area contributed by atoms with Crippen LogP contribution < -0.4 is 0 Å². The fourth-order valence-corrected chi connectivity index (χ4v) is 1.57. The Bertz CT molecular complexity index is 468. The Morgan fingerprint density at radius 1 is 1.14 bits per heavy atom. The first-order valence-electron chi connectivity index (χ1n) is 4.11. The molecular formula is C10H8F3N. The Labute approximate surface area is 78.8 Å². The van der Waals surface area contributed by atoms with Crippen LogP contribution in [0.1, 0.15) is 5.56 Å². The third-order valence-corrected chi connectivity index (χ3v) is 2.20. The standard InChI is InChI=1S/C10H8F3N/c1-14-6-8(10(11,12)13)7-4-2-3-5-9(7)14/h2-6H,1H3. The maximum Gasteiger partial charge on any atom is 0.418 e. The lowest BCUT2D eigenvalue weighted by atomic mass is 10.2. The van der Waals surface area contributed by atoms with Gasteiger partial charge in [0.25, 0.3) is 0 Å². The SMILES string of the molecule is Cn1cc(C(F)(F)F)c2ccccc21. The van der Waals surface area contributed by atoms with Crippen LogP contribution in [-0.2, 0) is 13.2 Å². The van der Waals surface area contributed by atoms with Crippen LogP contribution in [-0.4, -0.2) is 4.57 Å². The molecule has 74 valence electrons. The number of rotatable bonds is 0. The van der Waals surface area contributed by atoms with E-state index in [1.165, 1.54) is 10.6 Å². The van der Waals surface area contributed by atoms with Crippen LogP contribution in [0.5, 0.6) is 0 Å². The van der Waals surface area contributed by atoms with E-state index in [-0.39, 0.29) is 5.39 Å². The molecule has 4 heteroatoms. The Morgan fingerprint density at radius 2 is 1.79 bits per heavy atom. The van der Waals surface area contributed by atoms with Gasteiger partial charge in [0, 0.05) is 24.1 Å². The van der Waals surface area contributed by atoms with E-state index in [9.17, 15) is 13.2 Å². The number of benzene rings is 1. The van der Waals surface area contributed by atoms with Crippen molar-refractivity contribution in [2.75, 3.05) is 0 Å². The van der Waals surface area contributed by atoms with E-state index in [0.717, 1.165) is 6.20 Å². The van der Waals surface area contributed by atoms with Gasteiger partial charge in [-0.3, -0.25) is 0 Å². The van der Waals surface area contributed by atoms with Gasteiger partial charge in [-0.05, 0) is 6.07 Å². The second kappa shape index (κ2) is 2.77. The van der Waals surface area contributed by atoms with Gasteiger partial charge in [-0.15, -0.1) is 0 Å². The summed E-state index contributed by atoms with van der Waals surface area (Å²) in [6.07, 6.45) is -3.16. The molecule has 0 unspecified atom stereocenters. The number of aryl methyl sites for hydroxylation is 1. The molecular weight excluding hydrogens is 191 g/mol. The minimum atomic E-state index is -4.28. The van der Waals surface area contributed by atoms with Crippen LogP contribution in [0.3, 0.4) is 0 Å². The molecule has 0 aliphatic carbocycles. The van der Waals surface area contributed by atoms with E-state index >= 15 is 0 Å². The molecule has 0 amide bonds. The molecule has 0 N–H and O–H groups in total. The van der Waals surface area contributed by atoms with Crippen LogP contribution >= 0.6 is 0 Å². The number of nitrogens with zero attached hydrogens (tertiary/aromatic N) is 1. The largest absolute Gasteiger partial charge is 0.418 e. The molecule has 1 heterocycles. The fourth-order valence-electron chi connectivity index (χ4n) is 1.57. The maximum absolute atomic E-state index is 12.5. The van der Waals surface area contributed by atoms with E-state index in [2.05, 4.69) is 0 Å². The highest BCUT2D eigenvalue weighted by Gasteiger charge is 2.33. The van der Waals surface area contributed by atoms with Gasteiger partial charge in [0.15, 0.2) is 0 Å². The molecule has 1 aromatic heterocycles. The van der Waals surface area contributed by atoms with Crippen molar-refractivity contribution in [3.8, 4) is 0 Å². The summed E-state index contributed by atoms with van der Waals surface area (Å²) in [6.45, 7) is 0. The Balaban J connectivity index is 2.80. The van der Waals surface area contributed by atoms with Gasteiger partial charge >= 0.3 is 6.18 Å². The number of hydrogen-bond acceptors (Lipinski definition) is 0. The van der Waals surface area contributed by atoms with Crippen molar-refractivity contribution in [2.24, 2.45) is 7.05 Å². The van der Waals surface area contributed by atoms with E-state index in [1.54, 1.807) is 25.2 Å². The molecule has 0 atom stereocenters. The topological polar surface area (TPSA) is 4.93 Å². The fraction of sp³-hybridized carbons (Fsp3) is 0.200. The van der Waals surface area contributed by atoms with E-state index in [4.69, 9.17) is 0 Å². The zero-order valence-electron chi connectivity index (χ0n) is 7.47. The van der Waals surface area contributed by atoms with E-state index in [1.807, 2.05) is 0 Å². The third-order valence-electron chi connectivity index (χ3n) is 2.20. The summed E-state index contributed by atoms with van der Waals surface area (Å²) in [4.78, 5) is 0. The lowest BCUT2D eigenvalue weighted by Gasteiger charge is -2.02. The van der Waals surface area contributed by atoms with Gasteiger partial charge in [-0.25, -0.2) is 0 Å². The minimum Gasteiger partial charge on any atom is -0.350 e. The zero-order valence-corrected chi connectivity index (χ0v) is 7.47. The number of alkyl halides is 3. The van der Waals surface area contributed by atoms with E-state index in [0.29, 0.717) is 5.52 Å². The van der Waals surface area contributed by atoms with Crippen LogP contribution in [0.15, 0.2) is 30.5 Å². The summed E-state index contributed by atoms with van der Waals surface area (Å²) in [6, 6.07) is 6.49. The number of para-hydroxylation sites is 1. The highest BCUT2D eigenvalue weighted by molar-refractivity contribution is 5.84. The maximum atomic E-state index is 12.5. The molecule has 0 aliphatic heterocycles. The molecule has 0 fully saturated rings. The molecule has 0 spiro atoms. The summed E-state index contributed by atoms with van der Waals surface area (Å²) in [5, 5.41) is 0.252. The number of aromatic nitrogens is 1. The van der Waals surface area contributed by atoms with Crippen molar-refractivity contribution in [1.29, 1.82) is 0 Å². The van der Waals surface area contributed by atoms with Crippen LogP contribution in [0.4, 0.5) is 13.2 Å². The van der Waals surface area contributed by atoms with E-state index < -0.39 is 11.7 Å². The van der Waals surface area contributed by atoms with Gasteiger partial charge < -0.3 is 4.57 Å². The highest BCUT2D eigenvalue weighted by atomic mass is 19.4. The molecule has 2 rings (SSSR count). The monoisotopic (exact) mass is 199 g/mol. The summed E-state index contributed by atoms with van der Waals surface area (Å²) >= 11 is 0. The molecule has 0 saturated carbocycles. The van der Waals surface area contributed by atoms with Crippen LogP contribution in [0.25, 0.3) is 10.9 Å². The molecule has 0 bridgehead atoms. The lowest BCUT2D eigenvalue weighted by Crippen LogP contribution is -2.03. The van der Waals surface area contributed by atoms with Crippen molar-refractivity contribution in [1.82, 2.24) is 4.57 Å². The molecule has 14 heavy (non-hydrogen) atoms. The molecule has 0 aliphatic rings. The molecule has 0 saturated heterocycles. The normalized spacial score (nSPS) is 12.3. The summed E-state index contributed by atoms with van der Waals surface area (Å²) < 4.78 is 39.0. The van der Waals surface area contributed by atoms with Gasteiger partial charge in [-0.1, -0.05) is 18.2 Å². The van der Waals surface area contributed by atoms with Crippen molar-refractivity contribution in [3.63, 3.8) is 0 Å². The van der Waals surface area contributed by atoms with Crippen molar-refractivity contribution < 1.29 is 13.2 Å². The first-order valence-corrected chi connectivity index (χ1v) is 4.11. The first-order chi connectivity index (χ1) is 6.50. The van der Waals surface area contributed by atoms with Gasteiger partial charge in [0.2, 0.25) is 0 Å². The first kappa shape index (κ1) is 9.12. The predicted molar refractivity (Wildman–Crippen MR) is 47.9 cm³/mol. The quantitative estimate of drug-likeness (QED) is 0.614. The summed E-state index contributed by atoms with van der Waals surface area (Å²) in [5.41, 5.74) is 0.0235. The minimum absolute atomic E-state index is 0.252. The average molecular weight is 199 g/mol. The highest BCUT2D eigenvalue weighted by Crippen LogP contribution is 2.35. The summed E-state index contributed by atoms with van der Waals surface area (Å²) in [5.74, 6) is 0.